The van der Waals surface area contributed by atoms with Gasteiger partial charge in [-0.3, -0.25) is 4.79 Å². The standard InChI is InChI=1S/C20H26O9/c1-7-4-9(21)13(23)17(2)8(7)5-10-19-6-28-18(3,14(24)11(22)12(17)19)20(19,27)15(25)16(26)29-10/h4,8,10-15,22-25,27H,5-6H2,1-3H3/t8-,10+,11?,12?,13+,14?,15?,17-,18+,19+,20+/m0/s1. The number of carbonyl (C=O) groups excluding carboxylic acids is 2. The average Bonchev–Trinajstić information content (AvgIpc) is 2.85. The number of carbonyl (C=O) groups is 2. The molecule has 1 spiro atoms. The third kappa shape index (κ3) is 1.70. The summed E-state index contributed by atoms with van der Waals surface area (Å²) in [5.74, 6) is -3.08. The normalized spacial score (nSPS) is 60.8. The van der Waals surface area contributed by atoms with Gasteiger partial charge in [0.1, 0.15) is 29.5 Å². The predicted octanol–water partition coefficient (Wildman–Crippen LogP) is -1.95. The van der Waals surface area contributed by atoms with Gasteiger partial charge in [0.2, 0.25) is 0 Å². The van der Waals surface area contributed by atoms with Gasteiger partial charge in [-0.05, 0) is 32.3 Å². The number of aliphatic hydroxyl groups excluding tert-OH is 4. The summed E-state index contributed by atoms with van der Waals surface area (Å²) in [6, 6.07) is 0. The quantitative estimate of drug-likeness (QED) is 0.287. The molecule has 4 unspecified atom stereocenters. The summed E-state index contributed by atoms with van der Waals surface area (Å²) < 4.78 is 11.4. The maximum absolute atomic E-state index is 12.5. The van der Waals surface area contributed by atoms with Crippen molar-refractivity contribution in [2.24, 2.45) is 22.7 Å². The molecular formula is C20H26O9. The number of allylic oxidation sites excluding steroid dienone is 1. The minimum absolute atomic E-state index is 0.183. The van der Waals surface area contributed by atoms with Crippen LogP contribution in [0.4, 0.5) is 0 Å². The zero-order valence-corrected chi connectivity index (χ0v) is 16.4. The lowest BCUT2D eigenvalue weighted by Crippen LogP contribution is -2.86. The van der Waals surface area contributed by atoms with Crippen molar-refractivity contribution in [3.05, 3.63) is 11.6 Å². The van der Waals surface area contributed by atoms with Crippen molar-refractivity contribution < 1.29 is 44.6 Å². The number of ether oxygens (including phenoxy) is 2. The molecule has 0 aromatic carbocycles. The van der Waals surface area contributed by atoms with Crippen molar-refractivity contribution in [2.75, 3.05) is 6.61 Å². The van der Waals surface area contributed by atoms with Crippen LogP contribution < -0.4 is 0 Å². The van der Waals surface area contributed by atoms with E-state index in [4.69, 9.17) is 9.47 Å². The lowest BCUT2D eigenvalue weighted by atomic mass is 9.36. The molecule has 9 nitrogen and oxygen atoms in total. The van der Waals surface area contributed by atoms with Crippen molar-refractivity contribution in [3.8, 4) is 0 Å². The molecule has 3 aliphatic carbocycles. The van der Waals surface area contributed by atoms with Gasteiger partial charge in [-0.25, -0.2) is 4.79 Å². The van der Waals surface area contributed by atoms with Crippen LogP contribution in [0.3, 0.4) is 0 Å². The lowest BCUT2D eigenvalue weighted by Gasteiger charge is -2.70. The maximum atomic E-state index is 12.5. The molecule has 5 N–H and O–H groups in total. The summed E-state index contributed by atoms with van der Waals surface area (Å²) >= 11 is 0. The van der Waals surface area contributed by atoms with E-state index in [0.29, 0.717) is 5.57 Å². The van der Waals surface area contributed by atoms with Gasteiger partial charge >= 0.3 is 5.97 Å². The van der Waals surface area contributed by atoms with E-state index in [1.807, 2.05) is 0 Å². The van der Waals surface area contributed by atoms with E-state index in [2.05, 4.69) is 0 Å². The molecule has 2 aliphatic heterocycles. The Kier molecular flexibility index (Phi) is 3.56. The number of aliphatic hydroxyl groups is 5. The first-order valence-corrected chi connectivity index (χ1v) is 9.90. The summed E-state index contributed by atoms with van der Waals surface area (Å²) in [6.45, 7) is 4.52. The van der Waals surface area contributed by atoms with Gasteiger partial charge in [-0.15, -0.1) is 0 Å². The monoisotopic (exact) mass is 410 g/mol. The van der Waals surface area contributed by atoms with Gasteiger partial charge in [0.15, 0.2) is 11.9 Å². The van der Waals surface area contributed by atoms with Crippen molar-refractivity contribution >= 4 is 11.8 Å². The second-order valence-corrected chi connectivity index (χ2v) is 9.79. The first-order chi connectivity index (χ1) is 13.4. The molecule has 4 fully saturated rings. The van der Waals surface area contributed by atoms with E-state index in [9.17, 15) is 35.1 Å². The van der Waals surface area contributed by atoms with Crippen LogP contribution >= 0.6 is 0 Å². The summed E-state index contributed by atoms with van der Waals surface area (Å²) in [6.07, 6.45) is -6.07. The van der Waals surface area contributed by atoms with Crippen LogP contribution in [0.1, 0.15) is 27.2 Å². The Hall–Kier alpha value is -1.36. The zero-order valence-electron chi connectivity index (χ0n) is 16.4. The smallest absolute Gasteiger partial charge is 0.338 e. The minimum Gasteiger partial charge on any atom is -0.460 e. The molecule has 2 heterocycles. The van der Waals surface area contributed by atoms with Crippen LogP contribution in [0.15, 0.2) is 11.6 Å². The fourth-order valence-corrected chi connectivity index (χ4v) is 7.56. The fourth-order valence-electron chi connectivity index (χ4n) is 7.56. The molecule has 2 saturated carbocycles. The largest absolute Gasteiger partial charge is 0.460 e. The van der Waals surface area contributed by atoms with Crippen LogP contribution in [0, 0.1) is 22.7 Å². The highest BCUT2D eigenvalue weighted by Crippen LogP contribution is 2.73. The second-order valence-electron chi connectivity index (χ2n) is 9.79. The molecule has 160 valence electrons. The highest BCUT2D eigenvalue weighted by atomic mass is 16.6. The predicted molar refractivity (Wildman–Crippen MR) is 94.1 cm³/mol. The molecule has 2 bridgehead atoms. The Morgan fingerprint density at radius 3 is 2.41 bits per heavy atom. The van der Waals surface area contributed by atoms with Gasteiger partial charge in [-0.1, -0.05) is 12.5 Å². The van der Waals surface area contributed by atoms with E-state index in [0.717, 1.165) is 0 Å². The summed E-state index contributed by atoms with van der Waals surface area (Å²) in [4.78, 5) is 25.0. The van der Waals surface area contributed by atoms with Crippen molar-refractivity contribution in [3.63, 3.8) is 0 Å². The van der Waals surface area contributed by atoms with Crippen LogP contribution in [0.5, 0.6) is 0 Å². The number of hydrogen-bond acceptors (Lipinski definition) is 9. The Balaban J connectivity index is 1.83. The number of hydrogen-bond donors (Lipinski definition) is 5. The third-order valence-corrected chi connectivity index (χ3v) is 8.96. The zero-order chi connectivity index (χ0) is 21.3. The van der Waals surface area contributed by atoms with Crippen molar-refractivity contribution in [2.45, 2.75) is 68.9 Å². The first kappa shape index (κ1) is 19.6. The number of fused-ring (bicyclic) bond motifs is 2. The minimum atomic E-state index is -2.27. The Bertz CT molecular complexity index is 855. The Morgan fingerprint density at radius 1 is 1.10 bits per heavy atom. The summed E-state index contributed by atoms with van der Waals surface area (Å²) in [7, 11) is 0. The van der Waals surface area contributed by atoms with Crippen LogP contribution in [-0.2, 0) is 19.1 Å². The van der Waals surface area contributed by atoms with Crippen molar-refractivity contribution in [1.82, 2.24) is 0 Å². The Labute approximate surface area is 166 Å². The van der Waals surface area contributed by atoms with Gasteiger partial charge in [0, 0.05) is 11.3 Å². The van der Waals surface area contributed by atoms with E-state index < -0.39 is 76.1 Å². The molecular weight excluding hydrogens is 384 g/mol. The highest BCUT2D eigenvalue weighted by molar-refractivity contribution is 5.96. The van der Waals surface area contributed by atoms with Crippen LogP contribution in [-0.4, -0.2) is 85.6 Å². The maximum Gasteiger partial charge on any atom is 0.338 e. The van der Waals surface area contributed by atoms with Gasteiger partial charge in [0.05, 0.1) is 18.1 Å². The first-order valence-electron chi connectivity index (χ1n) is 9.90. The average molecular weight is 410 g/mol. The molecule has 29 heavy (non-hydrogen) atoms. The molecule has 0 amide bonds. The second kappa shape index (κ2) is 5.27. The molecule has 2 saturated heterocycles. The number of esters is 1. The summed E-state index contributed by atoms with van der Waals surface area (Å²) in [5.41, 5.74) is -6.22. The highest BCUT2D eigenvalue weighted by Gasteiger charge is 2.88. The molecule has 0 aromatic rings. The molecule has 5 aliphatic rings. The SMILES string of the molecule is CC1=CC(=O)[C@@H](O)[C@]2(C)C3C(O)C(O)[C@@]4(C)OC[C@@]35[C@@H](C[C@@H]12)OC(=O)C(O)[C@]54O. The van der Waals surface area contributed by atoms with Crippen molar-refractivity contribution in [1.29, 1.82) is 0 Å². The van der Waals surface area contributed by atoms with Crippen LogP contribution in [0.2, 0.25) is 0 Å². The molecule has 0 aromatic heterocycles. The lowest BCUT2D eigenvalue weighted by molar-refractivity contribution is -0.351. The van der Waals surface area contributed by atoms with Crippen LogP contribution in [0.25, 0.3) is 0 Å². The Morgan fingerprint density at radius 2 is 1.76 bits per heavy atom. The fraction of sp³-hybridized carbons (Fsp3) is 0.800. The van der Waals surface area contributed by atoms with Gasteiger partial charge < -0.3 is 35.0 Å². The molecule has 9 heteroatoms. The molecule has 0 radical (unpaired) electrons. The third-order valence-electron chi connectivity index (χ3n) is 8.96. The molecule has 11 atom stereocenters. The van der Waals surface area contributed by atoms with E-state index in [-0.39, 0.29) is 13.0 Å². The van der Waals surface area contributed by atoms with Gasteiger partial charge in [0.25, 0.3) is 0 Å². The van der Waals surface area contributed by atoms with E-state index in [1.165, 1.54) is 13.0 Å². The number of ketones is 1. The van der Waals surface area contributed by atoms with E-state index >= 15 is 0 Å². The summed E-state index contributed by atoms with van der Waals surface area (Å²) in [5, 5.41) is 55.8. The topological polar surface area (TPSA) is 154 Å². The van der Waals surface area contributed by atoms with E-state index in [1.54, 1.807) is 13.8 Å². The number of rotatable bonds is 0. The molecule has 5 rings (SSSR count). The van der Waals surface area contributed by atoms with Gasteiger partial charge in [-0.2, -0.15) is 0 Å².